The molecule has 0 spiro atoms. The summed E-state index contributed by atoms with van der Waals surface area (Å²) in [5.74, 6) is -1.99. The van der Waals surface area contributed by atoms with E-state index in [9.17, 15) is 35.9 Å². The van der Waals surface area contributed by atoms with Crippen LogP contribution in [0, 0.1) is 0 Å². The van der Waals surface area contributed by atoms with E-state index in [-0.39, 0.29) is 35.7 Å². The van der Waals surface area contributed by atoms with E-state index in [1.165, 1.54) is 13.8 Å². The smallest absolute Gasteiger partial charge is 0.416 e. The molecule has 0 N–H and O–H groups in total. The first-order chi connectivity index (χ1) is 16.9. The predicted octanol–water partition coefficient (Wildman–Crippen LogP) is 6.20. The minimum atomic E-state index is -4.61. The summed E-state index contributed by atoms with van der Waals surface area (Å²) in [4.78, 5) is 33.7. The van der Waals surface area contributed by atoms with Crippen molar-refractivity contribution in [2.45, 2.75) is 26.2 Å². The van der Waals surface area contributed by atoms with Gasteiger partial charge >= 0.3 is 24.3 Å². The van der Waals surface area contributed by atoms with E-state index in [1.54, 1.807) is 0 Å². The molecule has 0 radical (unpaired) electrons. The van der Waals surface area contributed by atoms with Crippen molar-refractivity contribution < 1.29 is 45.4 Å². The van der Waals surface area contributed by atoms with E-state index < -0.39 is 46.8 Å². The molecule has 3 aromatic rings. The average Bonchev–Trinajstić information content (AvgIpc) is 2.82. The number of benzene rings is 2. The summed E-state index contributed by atoms with van der Waals surface area (Å²) < 4.78 is 87.9. The highest BCUT2D eigenvalue weighted by molar-refractivity contribution is 5.99. The lowest BCUT2D eigenvalue weighted by Gasteiger charge is -2.15. The van der Waals surface area contributed by atoms with Crippen LogP contribution in [0.15, 0.2) is 48.5 Å². The Hall–Kier alpha value is -3.96. The quantitative estimate of drug-likeness (QED) is 0.289. The topological polar surface area (TPSA) is 78.4 Å². The van der Waals surface area contributed by atoms with Gasteiger partial charge < -0.3 is 9.47 Å². The second-order valence-corrected chi connectivity index (χ2v) is 7.21. The summed E-state index contributed by atoms with van der Waals surface area (Å²) >= 11 is 0. The number of hydrogen-bond acceptors (Lipinski definition) is 6. The lowest BCUT2D eigenvalue weighted by atomic mass is 10.0. The fraction of sp³-hybridized carbons (Fsp3) is 0.250. The number of halogens is 6. The fourth-order valence-corrected chi connectivity index (χ4v) is 3.16. The number of esters is 2. The van der Waals surface area contributed by atoms with Crippen molar-refractivity contribution in [1.29, 1.82) is 0 Å². The standard InChI is InChI=1S/C24H18F6N2O4/c1-3-35-21(33)19-17(13-5-9-15(10-6-13)23(25,26)27)32-20(22(34)36-4-2)18(31-19)14-7-11-16(12-8-14)24(28,29)30/h5-12H,3-4H2,1-2H3. The third-order valence-electron chi connectivity index (χ3n) is 4.80. The molecule has 0 saturated heterocycles. The molecule has 6 nitrogen and oxygen atoms in total. The van der Waals surface area contributed by atoms with Gasteiger partial charge in [-0.1, -0.05) is 24.3 Å². The Kier molecular flexibility index (Phi) is 7.65. The highest BCUT2D eigenvalue weighted by Gasteiger charge is 2.32. The monoisotopic (exact) mass is 512 g/mol. The van der Waals surface area contributed by atoms with Crippen LogP contribution in [-0.4, -0.2) is 35.1 Å². The lowest BCUT2D eigenvalue weighted by Crippen LogP contribution is -2.17. The van der Waals surface area contributed by atoms with Crippen LogP contribution >= 0.6 is 0 Å². The van der Waals surface area contributed by atoms with E-state index in [0.29, 0.717) is 0 Å². The Bertz CT molecular complexity index is 1150. The Morgan fingerprint density at radius 1 is 0.639 bits per heavy atom. The molecule has 3 rings (SSSR count). The van der Waals surface area contributed by atoms with Gasteiger partial charge in [0.2, 0.25) is 0 Å². The molecule has 2 aromatic carbocycles. The predicted molar refractivity (Wildman–Crippen MR) is 115 cm³/mol. The second-order valence-electron chi connectivity index (χ2n) is 7.21. The molecule has 0 bridgehead atoms. The summed E-state index contributed by atoms with van der Waals surface area (Å²) in [6.45, 7) is 2.85. The van der Waals surface area contributed by atoms with Gasteiger partial charge in [0, 0.05) is 11.1 Å². The first-order valence-corrected chi connectivity index (χ1v) is 10.5. The van der Waals surface area contributed by atoms with E-state index >= 15 is 0 Å². The highest BCUT2D eigenvalue weighted by Crippen LogP contribution is 2.34. The molecule has 1 heterocycles. The minimum Gasteiger partial charge on any atom is -0.461 e. The van der Waals surface area contributed by atoms with Crippen molar-refractivity contribution in [2.24, 2.45) is 0 Å². The molecule has 1 aromatic heterocycles. The summed E-state index contributed by atoms with van der Waals surface area (Å²) in [5, 5.41) is 0. The third kappa shape index (κ3) is 5.81. The van der Waals surface area contributed by atoms with Crippen molar-refractivity contribution in [1.82, 2.24) is 9.97 Å². The van der Waals surface area contributed by atoms with Crippen LogP contribution in [0.4, 0.5) is 26.3 Å². The number of ether oxygens (including phenoxy) is 2. The van der Waals surface area contributed by atoms with Gasteiger partial charge in [-0.05, 0) is 38.1 Å². The molecular weight excluding hydrogens is 494 g/mol. The number of rotatable bonds is 6. The normalized spacial score (nSPS) is 11.8. The van der Waals surface area contributed by atoms with Crippen molar-refractivity contribution in [3.8, 4) is 22.5 Å². The van der Waals surface area contributed by atoms with Gasteiger partial charge in [0.05, 0.1) is 24.3 Å². The second kappa shape index (κ2) is 10.3. The Labute approximate surface area is 200 Å². The maximum absolute atomic E-state index is 13.0. The van der Waals surface area contributed by atoms with E-state index in [4.69, 9.17) is 9.47 Å². The molecule has 0 aliphatic carbocycles. The zero-order valence-corrected chi connectivity index (χ0v) is 18.8. The molecule has 0 aliphatic heterocycles. The van der Waals surface area contributed by atoms with Crippen molar-refractivity contribution in [3.05, 3.63) is 71.0 Å². The van der Waals surface area contributed by atoms with Gasteiger partial charge in [0.1, 0.15) is 11.4 Å². The lowest BCUT2D eigenvalue weighted by molar-refractivity contribution is -0.138. The van der Waals surface area contributed by atoms with Gasteiger partial charge in [-0.25, -0.2) is 19.6 Å². The number of carbonyl (C=O) groups excluding carboxylic acids is 2. The number of carbonyl (C=O) groups is 2. The molecular formula is C24H18F6N2O4. The van der Waals surface area contributed by atoms with E-state index in [0.717, 1.165) is 48.5 Å². The van der Waals surface area contributed by atoms with Crippen LogP contribution in [-0.2, 0) is 21.8 Å². The summed E-state index contributed by atoms with van der Waals surface area (Å²) in [6.07, 6.45) is -9.23. The van der Waals surface area contributed by atoms with Crippen molar-refractivity contribution >= 4 is 11.9 Å². The average molecular weight is 512 g/mol. The first kappa shape index (κ1) is 26.6. The van der Waals surface area contributed by atoms with Gasteiger partial charge in [-0.2, -0.15) is 26.3 Å². The van der Waals surface area contributed by atoms with Crippen LogP contribution in [0.25, 0.3) is 22.5 Å². The van der Waals surface area contributed by atoms with Crippen molar-refractivity contribution in [2.75, 3.05) is 13.2 Å². The summed E-state index contributed by atoms with van der Waals surface area (Å²) in [6, 6.07) is 7.23. The molecule has 0 amide bonds. The zero-order chi connectivity index (χ0) is 26.7. The first-order valence-electron chi connectivity index (χ1n) is 10.5. The molecule has 0 aliphatic rings. The maximum Gasteiger partial charge on any atom is 0.416 e. The van der Waals surface area contributed by atoms with Crippen LogP contribution in [0.2, 0.25) is 0 Å². The maximum atomic E-state index is 13.0. The Morgan fingerprint density at radius 2 is 0.944 bits per heavy atom. The molecule has 0 atom stereocenters. The molecule has 190 valence electrons. The number of aromatic nitrogens is 2. The van der Waals surface area contributed by atoms with Crippen LogP contribution in [0.3, 0.4) is 0 Å². The summed E-state index contributed by atoms with van der Waals surface area (Å²) in [7, 11) is 0. The highest BCUT2D eigenvalue weighted by atomic mass is 19.4. The molecule has 0 fully saturated rings. The largest absolute Gasteiger partial charge is 0.461 e. The van der Waals surface area contributed by atoms with Gasteiger partial charge in [0.15, 0.2) is 11.4 Å². The van der Waals surface area contributed by atoms with E-state index in [2.05, 4.69) is 9.97 Å². The SMILES string of the molecule is CCOC(=O)c1nc(-c2ccc(C(F)(F)F)cc2)c(C(=O)OCC)nc1-c1ccc(C(F)(F)F)cc1. The van der Waals surface area contributed by atoms with E-state index in [1.807, 2.05) is 0 Å². The minimum absolute atomic E-state index is 0.0167. The molecule has 0 unspecified atom stereocenters. The van der Waals surface area contributed by atoms with Gasteiger partial charge in [-0.15, -0.1) is 0 Å². The zero-order valence-electron chi connectivity index (χ0n) is 18.8. The summed E-state index contributed by atoms with van der Waals surface area (Å²) in [5.41, 5.74) is -3.29. The molecule has 12 heteroatoms. The Balaban J connectivity index is 2.26. The fourth-order valence-electron chi connectivity index (χ4n) is 3.16. The number of nitrogens with zero attached hydrogens (tertiary/aromatic N) is 2. The Morgan fingerprint density at radius 3 is 1.19 bits per heavy atom. The molecule has 0 saturated carbocycles. The van der Waals surface area contributed by atoms with Crippen molar-refractivity contribution in [3.63, 3.8) is 0 Å². The number of hydrogen-bond donors (Lipinski definition) is 0. The van der Waals surface area contributed by atoms with Gasteiger partial charge in [-0.3, -0.25) is 0 Å². The van der Waals surface area contributed by atoms with Crippen LogP contribution in [0.5, 0.6) is 0 Å². The number of alkyl halides is 6. The third-order valence-corrected chi connectivity index (χ3v) is 4.80. The van der Waals surface area contributed by atoms with Crippen LogP contribution in [0.1, 0.15) is 46.0 Å². The van der Waals surface area contributed by atoms with Gasteiger partial charge in [0.25, 0.3) is 0 Å². The van der Waals surface area contributed by atoms with Crippen LogP contribution < -0.4 is 0 Å². The molecule has 36 heavy (non-hydrogen) atoms.